The largest absolute Gasteiger partial charge is 0.353 e. The van der Waals surface area contributed by atoms with Crippen LogP contribution in [-0.2, 0) is 24.8 Å². The van der Waals surface area contributed by atoms with Crippen LogP contribution in [0.1, 0.15) is 24.1 Å². The molecule has 0 aliphatic heterocycles. The molecule has 110 valence electrons. The van der Waals surface area contributed by atoms with Crippen LogP contribution in [0.4, 0.5) is 4.39 Å². The van der Waals surface area contributed by atoms with E-state index in [2.05, 4.69) is 0 Å². The highest BCUT2D eigenvalue weighted by Crippen LogP contribution is 2.29. The predicted octanol–water partition coefficient (Wildman–Crippen LogP) is 2.90. The van der Waals surface area contributed by atoms with Gasteiger partial charge in [-0.3, -0.25) is 4.79 Å². The predicted molar refractivity (Wildman–Crippen MR) is 79.1 cm³/mol. The van der Waals surface area contributed by atoms with E-state index in [0.717, 1.165) is 24.1 Å². The van der Waals surface area contributed by atoms with Crippen LogP contribution in [0.15, 0.2) is 42.6 Å². The minimum absolute atomic E-state index is 0.116. The molecule has 1 aliphatic rings. The van der Waals surface area contributed by atoms with Crippen LogP contribution < -0.4 is 0 Å². The number of rotatable bonds is 5. The maximum absolute atomic E-state index is 12.9. The standard InChI is InChI=1S/C17H19FN2O/c1-19-10-2-3-16(19)12-20(15-8-9-15)17(21)11-13-4-6-14(18)7-5-13/h2-7,10,15H,8-9,11-12H2,1H3. The normalized spacial score (nSPS) is 14.2. The van der Waals surface area contributed by atoms with E-state index in [-0.39, 0.29) is 11.7 Å². The number of nitrogens with zero attached hydrogens (tertiary/aromatic N) is 2. The van der Waals surface area contributed by atoms with Gasteiger partial charge in [-0.2, -0.15) is 0 Å². The summed E-state index contributed by atoms with van der Waals surface area (Å²) in [6, 6.07) is 10.6. The molecule has 3 rings (SSSR count). The second kappa shape index (κ2) is 5.72. The Balaban J connectivity index is 1.70. The molecule has 1 amide bonds. The first-order chi connectivity index (χ1) is 10.1. The molecule has 0 bridgehead atoms. The molecule has 4 heteroatoms. The molecule has 0 N–H and O–H groups in total. The first-order valence-corrected chi connectivity index (χ1v) is 7.27. The second-order valence-corrected chi connectivity index (χ2v) is 5.67. The number of aryl methyl sites for hydroxylation is 1. The fourth-order valence-corrected chi connectivity index (χ4v) is 2.52. The molecule has 0 radical (unpaired) electrons. The van der Waals surface area contributed by atoms with Crippen LogP contribution in [-0.4, -0.2) is 21.4 Å². The Bertz CT molecular complexity index is 628. The summed E-state index contributed by atoms with van der Waals surface area (Å²) in [5, 5.41) is 0. The van der Waals surface area contributed by atoms with Crippen LogP contribution in [0, 0.1) is 5.82 Å². The Hall–Kier alpha value is -2.10. The van der Waals surface area contributed by atoms with Crippen molar-refractivity contribution in [2.24, 2.45) is 7.05 Å². The van der Waals surface area contributed by atoms with Gasteiger partial charge in [0.2, 0.25) is 5.91 Å². The number of carbonyl (C=O) groups is 1. The number of benzene rings is 1. The zero-order valence-electron chi connectivity index (χ0n) is 12.1. The third-order valence-electron chi connectivity index (χ3n) is 3.96. The number of hydrogen-bond donors (Lipinski definition) is 0. The average molecular weight is 286 g/mol. The topological polar surface area (TPSA) is 25.2 Å². The van der Waals surface area contributed by atoms with Crippen LogP contribution in [0.3, 0.4) is 0 Å². The van der Waals surface area contributed by atoms with Crippen LogP contribution >= 0.6 is 0 Å². The van der Waals surface area contributed by atoms with Gasteiger partial charge in [-0.15, -0.1) is 0 Å². The zero-order chi connectivity index (χ0) is 14.8. The van der Waals surface area contributed by atoms with Crippen molar-refractivity contribution in [2.45, 2.75) is 31.8 Å². The van der Waals surface area contributed by atoms with E-state index in [0.29, 0.717) is 19.0 Å². The third kappa shape index (κ3) is 3.32. The van der Waals surface area contributed by atoms with Gasteiger partial charge in [-0.25, -0.2) is 4.39 Å². The van der Waals surface area contributed by atoms with E-state index in [4.69, 9.17) is 0 Å². The maximum atomic E-state index is 12.9. The molecule has 1 heterocycles. The lowest BCUT2D eigenvalue weighted by Gasteiger charge is -2.23. The molecule has 1 fully saturated rings. The molecule has 2 aromatic rings. The molecule has 1 aromatic heterocycles. The summed E-state index contributed by atoms with van der Waals surface area (Å²) in [5.74, 6) is -0.153. The van der Waals surface area contributed by atoms with Crippen LogP contribution in [0.5, 0.6) is 0 Å². The van der Waals surface area contributed by atoms with Gasteiger partial charge in [0.1, 0.15) is 5.82 Å². The summed E-state index contributed by atoms with van der Waals surface area (Å²) in [4.78, 5) is 14.5. The van der Waals surface area contributed by atoms with Crippen LogP contribution in [0.2, 0.25) is 0 Å². The quantitative estimate of drug-likeness (QED) is 0.829. The van der Waals surface area contributed by atoms with Gasteiger partial charge in [-0.05, 0) is 42.7 Å². The second-order valence-electron chi connectivity index (χ2n) is 5.67. The summed E-state index contributed by atoms with van der Waals surface area (Å²) in [6.45, 7) is 0.647. The summed E-state index contributed by atoms with van der Waals surface area (Å²) in [5.41, 5.74) is 1.99. The van der Waals surface area contributed by atoms with Crippen LogP contribution in [0.25, 0.3) is 0 Å². The van der Waals surface area contributed by atoms with Crippen molar-refractivity contribution in [1.82, 2.24) is 9.47 Å². The maximum Gasteiger partial charge on any atom is 0.227 e. The smallest absolute Gasteiger partial charge is 0.227 e. The van der Waals surface area contributed by atoms with Crippen molar-refractivity contribution in [3.05, 3.63) is 59.7 Å². The van der Waals surface area contributed by atoms with E-state index in [1.54, 1.807) is 12.1 Å². The minimum atomic E-state index is -0.269. The monoisotopic (exact) mass is 286 g/mol. The van der Waals surface area contributed by atoms with Crippen molar-refractivity contribution in [3.8, 4) is 0 Å². The Labute approximate surface area is 124 Å². The van der Waals surface area contributed by atoms with Gasteiger partial charge in [0.05, 0.1) is 13.0 Å². The first-order valence-electron chi connectivity index (χ1n) is 7.27. The molecule has 1 aromatic carbocycles. The number of halogens is 1. The molecular weight excluding hydrogens is 267 g/mol. The molecule has 1 aliphatic carbocycles. The third-order valence-corrected chi connectivity index (χ3v) is 3.96. The van der Waals surface area contributed by atoms with Gasteiger partial charge in [0.25, 0.3) is 0 Å². The molecule has 21 heavy (non-hydrogen) atoms. The van der Waals surface area contributed by atoms with Gasteiger partial charge in [0.15, 0.2) is 0 Å². The lowest BCUT2D eigenvalue weighted by molar-refractivity contribution is -0.131. The van der Waals surface area contributed by atoms with Crippen molar-refractivity contribution >= 4 is 5.91 Å². The summed E-state index contributed by atoms with van der Waals surface area (Å²) in [6.07, 6.45) is 4.49. The molecule has 0 atom stereocenters. The summed E-state index contributed by atoms with van der Waals surface area (Å²) >= 11 is 0. The van der Waals surface area contributed by atoms with E-state index >= 15 is 0 Å². The molecule has 0 spiro atoms. The average Bonchev–Trinajstić information content (AvgIpc) is 3.22. The molecule has 3 nitrogen and oxygen atoms in total. The number of aromatic nitrogens is 1. The summed E-state index contributed by atoms with van der Waals surface area (Å²) < 4.78 is 15.0. The highest BCUT2D eigenvalue weighted by atomic mass is 19.1. The van der Waals surface area contributed by atoms with Crippen molar-refractivity contribution < 1.29 is 9.18 Å². The highest BCUT2D eigenvalue weighted by Gasteiger charge is 2.32. The van der Waals surface area contributed by atoms with Gasteiger partial charge >= 0.3 is 0 Å². The lowest BCUT2D eigenvalue weighted by Crippen LogP contribution is -2.34. The molecular formula is C17H19FN2O. The van der Waals surface area contributed by atoms with E-state index < -0.39 is 0 Å². The van der Waals surface area contributed by atoms with Crippen molar-refractivity contribution in [3.63, 3.8) is 0 Å². The van der Waals surface area contributed by atoms with Gasteiger partial charge in [-0.1, -0.05) is 12.1 Å². The number of hydrogen-bond acceptors (Lipinski definition) is 1. The van der Waals surface area contributed by atoms with E-state index in [1.807, 2.05) is 34.8 Å². The van der Waals surface area contributed by atoms with Gasteiger partial charge in [0, 0.05) is 25.0 Å². The number of carbonyl (C=O) groups excluding carboxylic acids is 1. The lowest BCUT2D eigenvalue weighted by atomic mass is 10.1. The first kappa shape index (κ1) is 13.9. The molecule has 1 saturated carbocycles. The highest BCUT2D eigenvalue weighted by molar-refractivity contribution is 5.79. The molecule has 0 unspecified atom stereocenters. The Morgan fingerprint density at radius 1 is 1.29 bits per heavy atom. The Morgan fingerprint density at radius 3 is 2.57 bits per heavy atom. The van der Waals surface area contributed by atoms with E-state index in [1.165, 1.54) is 12.1 Å². The number of amides is 1. The Kier molecular flexibility index (Phi) is 3.78. The zero-order valence-corrected chi connectivity index (χ0v) is 12.1. The fourth-order valence-electron chi connectivity index (χ4n) is 2.52. The van der Waals surface area contributed by atoms with Crippen molar-refractivity contribution in [1.29, 1.82) is 0 Å². The fraction of sp³-hybridized carbons (Fsp3) is 0.353. The van der Waals surface area contributed by atoms with Gasteiger partial charge < -0.3 is 9.47 Å². The summed E-state index contributed by atoms with van der Waals surface area (Å²) in [7, 11) is 1.99. The Morgan fingerprint density at radius 2 is 2.00 bits per heavy atom. The SMILES string of the molecule is Cn1cccc1CN(C(=O)Cc1ccc(F)cc1)C1CC1. The minimum Gasteiger partial charge on any atom is -0.353 e. The van der Waals surface area contributed by atoms with E-state index in [9.17, 15) is 9.18 Å². The molecule has 0 saturated heterocycles. The van der Waals surface area contributed by atoms with Crippen molar-refractivity contribution in [2.75, 3.05) is 0 Å².